The molecule has 0 bridgehead atoms. The Labute approximate surface area is 290 Å². The number of likely N-dealkylation sites (tertiary alicyclic amines) is 1. The van der Waals surface area contributed by atoms with Crippen LogP contribution >= 0.6 is 0 Å². The lowest BCUT2D eigenvalue weighted by Gasteiger charge is -2.40. The van der Waals surface area contributed by atoms with Crippen molar-refractivity contribution in [2.24, 2.45) is 11.3 Å². The van der Waals surface area contributed by atoms with Crippen LogP contribution in [0.25, 0.3) is 0 Å². The first kappa shape index (κ1) is 38.2. The van der Waals surface area contributed by atoms with E-state index in [4.69, 9.17) is 0 Å². The molecule has 1 aliphatic heterocycles. The minimum Gasteiger partial charge on any atom is -0.381 e. The lowest BCUT2D eigenvalue weighted by molar-refractivity contribution is -0.147. The maximum Gasteiger partial charge on any atom is 0.272 e. The summed E-state index contributed by atoms with van der Waals surface area (Å²) in [6, 6.07) is -3.43. The van der Waals surface area contributed by atoms with Gasteiger partial charge in [-0.25, -0.2) is 4.98 Å². The molecule has 49 heavy (non-hydrogen) atoms. The number of nitrogens with one attached hydrogen (secondary N) is 4. The van der Waals surface area contributed by atoms with Gasteiger partial charge in [0.25, 0.3) is 11.8 Å². The lowest BCUT2D eigenvalue weighted by atomic mass is 9.82. The Kier molecular flexibility index (Phi) is 13.9. The van der Waals surface area contributed by atoms with Crippen molar-refractivity contribution in [2.75, 3.05) is 6.54 Å². The molecule has 1 aromatic heterocycles. The summed E-state index contributed by atoms with van der Waals surface area (Å²) in [5.74, 6) is -2.34. The number of aromatic nitrogens is 2. The summed E-state index contributed by atoms with van der Waals surface area (Å²) in [6.45, 7) is 7.86. The summed E-state index contributed by atoms with van der Waals surface area (Å²) in [5.41, 5.74) is -0.630. The molecule has 5 atom stereocenters. The fraction of sp³-hybridized carbons (Fsp3) is 0.750. The van der Waals surface area contributed by atoms with Crippen LogP contribution in [0.2, 0.25) is 0 Å². The van der Waals surface area contributed by atoms with Crippen LogP contribution in [0.3, 0.4) is 0 Å². The van der Waals surface area contributed by atoms with Crippen LogP contribution < -0.4 is 21.3 Å². The molecule has 1 unspecified atom stereocenters. The number of hydrogen-bond acceptors (Lipinski definition) is 8. The maximum absolute atomic E-state index is 14.6. The molecule has 2 heterocycles. The van der Waals surface area contributed by atoms with Crippen molar-refractivity contribution in [3.63, 3.8) is 0 Å². The van der Waals surface area contributed by atoms with Gasteiger partial charge >= 0.3 is 0 Å². The number of aliphatic hydroxyl groups excluding tert-OH is 1. The van der Waals surface area contributed by atoms with E-state index in [1.54, 1.807) is 4.90 Å². The first-order valence-corrected chi connectivity index (χ1v) is 18.4. The van der Waals surface area contributed by atoms with Crippen molar-refractivity contribution in [3.8, 4) is 0 Å². The molecule has 2 saturated carbocycles. The van der Waals surface area contributed by atoms with E-state index in [-0.39, 0.29) is 23.6 Å². The molecule has 3 aliphatic rings. The zero-order valence-corrected chi connectivity index (χ0v) is 29.7. The molecule has 3 fully saturated rings. The quantitative estimate of drug-likeness (QED) is 0.210. The van der Waals surface area contributed by atoms with Crippen LogP contribution in [0, 0.1) is 11.3 Å². The third-order valence-corrected chi connectivity index (χ3v) is 9.98. The summed E-state index contributed by atoms with van der Waals surface area (Å²) in [6.07, 6.45) is 13.8. The summed E-state index contributed by atoms with van der Waals surface area (Å²) < 4.78 is 0. The Morgan fingerprint density at radius 1 is 0.878 bits per heavy atom. The normalized spacial score (nSPS) is 21.6. The highest BCUT2D eigenvalue weighted by Crippen LogP contribution is 2.29. The standard InChI is InChI=1S/C36H57N7O6/c1-5-13-25(29(44)34(48)39-24-17-18-24)40-32(46)27-16-11-6-7-12-21-43(27)35(49)30(36(2,3)4)42-33(47)28(23-14-9-8-10-15-23)41-31(45)26-22-37-19-20-38-26/h19-20,22-25,27-30,44H,5-18,21H2,1-4H3,(H,39,48)(H,40,46)(H,41,45)(H,42,47)/t25-,27-,28-,29?,30+/m0/s1. The number of hydrogen-bond donors (Lipinski definition) is 5. The van der Waals surface area contributed by atoms with Gasteiger partial charge in [-0.2, -0.15) is 0 Å². The minimum atomic E-state index is -1.40. The molecular formula is C36H57N7O6. The van der Waals surface area contributed by atoms with Gasteiger partial charge in [-0.3, -0.25) is 29.0 Å². The van der Waals surface area contributed by atoms with E-state index in [1.165, 1.54) is 18.6 Å². The van der Waals surface area contributed by atoms with Crippen LogP contribution in [-0.4, -0.2) is 92.4 Å². The van der Waals surface area contributed by atoms with Gasteiger partial charge in [-0.15, -0.1) is 0 Å². The summed E-state index contributed by atoms with van der Waals surface area (Å²) >= 11 is 0. The monoisotopic (exact) mass is 683 g/mol. The molecule has 13 heteroatoms. The fourth-order valence-electron chi connectivity index (χ4n) is 6.96. The van der Waals surface area contributed by atoms with Gasteiger partial charge in [-0.05, 0) is 56.3 Å². The largest absolute Gasteiger partial charge is 0.381 e. The molecule has 1 saturated heterocycles. The molecule has 0 spiro atoms. The van der Waals surface area contributed by atoms with Gasteiger partial charge in [-0.1, -0.05) is 72.6 Å². The molecule has 2 aliphatic carbocycles. The van der Waals surface area contributed by atoms with Crippen LogP contribution in [0.4, 0.5) is 0 Å². The third kappa shape index (κ3) is 10.9. The average molecular weight is 684 g/mol. The van der Waals surface area contributed by atoms with Crippen LogP contribution in [0.15, 0.2) is 18.6 Å². The number of aliphatic hydroxyl groups is 1. The predicted octanol–water partition coefficient (Wildman–Crippen LogP) is 2.77. The van der Waals surface area contributed by atoms with Crippen LogP contribution in [0.5, 0.6) is 0 Å². The van der Waals surface area contributed by atoms with Crippen LogP contribution in [-0.2, 0) is 19.2 Å². The van der Waals surface area contributed by atoms with Crippen molar-refractivity contribution in [2.45, 2.75) is 154 Å². The smallest absolute Gasteiger partial charge is 0.272 e. The summed E-state index contributed by atoms with van der Waals surface area (Å²) in [7, 11) is 0. The first-order valence-electron chi connectivity index (χ1n) is 18.4. The zero-order chi connectivity index (χ0) is 35.6. The first-order chi connectivity index (χ1) is 23.4. The zero-order valence-electron chi connectivity index (χ0n) is 29.7. The summed E-state index contributed by atoms with van der Waals surface area (Å²) in [5, 5.41) is 22.6. The SMILES string of the molecule is CCC[C@H](NC(=O)[C@@H]1CCCCCCN1C(=O)[C@@H](NC(=O)[C@@H](NC(=O)c1cnccn1)C1CCCCC1)C(C)(C)C)C(O)C(=O)NC1CC1. The summed E-state index contributed by atoms with van der Waals surface area (Å²) in [4.78, 5) is 78.3. The van der Waals surface area contributed by atoms with Gasteiger partial charge in [0.05, 0.1) is 12.2 Å². The number of amides is 5. The van der Waals surface area contributed by atoms with E-state index in [9.17, 15) is 29.1 Å². The molecule has 13 nitrogen and oxygen atoms in total. The Morgan fingerprint density at radius 2 is 1.55 bits per heavy atom. The molecule has 0 radical (unpaired) electrons. The van der Waals surface area contributed by atoms with E-state index in [1.807, 2.05) is 27.7 Å². The topological polar surface area (TPSA) is 183 Å². The van der Waals surface area contributed by atoms with Gasteiger partial charge in [0.2, 0.25) is 17.7 Å². The predicted molar refractivity (Wildman–Crippen MR) is 184 cm³/mol. The molecule has 4 rings (SSSR count). The van der Waals surface area contributed by atoms with Gasteiger partial charge in [0.15, 0.2) is 6.10 Å². The van der Waals surface area contributed by atoms with Crippen molar-refractivity contribution < 1.29 is 29.1 Å². The van der Waals surface area contributed by atoms with Crippen LogP contribution in [0.1, 0.15) is 128 Å². The van der Waals surface area contributed by atoms with Crippen molar-refractivity contribution in [1.82, 2.24) is 36.1 Å². The third-order valence-electron chi connectivity index (χ3n) is 9.98. The van der Waals surface area contributed by atoms with E-state index in [0.717, 1.165) is 64.2 Å². The molecule has 5 amide bonds. The highest BCUT2D eigenvalue weighted by molar-refractivity contribution is 5.98. The minimum absolute atomic E-state index is 0.0708. The van der Waals surface area contributed by atoms with E-state index in [0.29, 0.717) is 32.2 Å². The number of carbonyl (C=O) groups excluding carboxylic acids is 5. The Balaban J connectivity index is 1.55. The molecule has 5 N–H and O–H groups in total. The second kappa shape index (κ2) is 17.9. The Bertz CT molecular complexity index is 1280. The van der Waals surface area contributed by atoms with Crippen molar-refractivity contribution in [3.05, 3.63) is 24.3 Å². The van der Waals surface area contributed by atoms with E-state index >= 15 is 0 Å². The van der Waals surface area contributed by atoms with Crippen molar-refractivity contribution in [1.29, 1.82) is 0 Å². The van der Waals surface area contributed by atoms with Crippen molar-refractivity contribution >= 4 is 29.5 Å². The number of carbonyl (C=O) groups is 5. The average Bonchev–Trinajstić information content (AvgIpc) is 3.89. The molecule has 272 valence electrons. The Hall–Kier alpha value is -3.61. The number of nitrogens with zero attached hydrogens (tertiary/aromatic N) is 3. The fourth-order valence-corrected chi connectivity index (χ4v) is 6.96. The van der Waals surface area contributed by atoms with Gasteiger partial charge < -0.3 is 31.3 Å². The second-order valence-corrected chi connectivity index (χ2v) is 15.1. The van der Waals surface area contributed by atoms with E-state index < -0.39 is 59.3 Å². The molecular weight excluding hydrogens is 626 g/mol. The number of rotatable bonds is 13. The lowest BCUT2D eigenvalue weighted by Crippen LogP contribution is -2.63. The highest BCUT2D eigenvalue weighted by Gasteiger charge is 2.43. The highest BCUT2D eigenvalue weighted by atomic mass is 16.3. The Morgan fingerprint density at radius 3 is 2.18 bits per heavy atom. The van der Waals surface area contributed by atoms with E-state index in [2.05, 4.69) is 31.2 Å². The van der Waals surface area contributed by atoms with Gasteiger partial charge in [0.1, 0.15) is 23.8 Å². The maximum atomic E-state index is 14.6. The van der Waals surface area contributed by atoms with Gasteiger partial charge in [0, 0.05) is 25.0 Å². The molecule has 1 aromatic rings. The molecule has 0 aromatic carbocycles. The second-order valence-electron chi connectivity index (χ2n) is 15.1.